The van der Waals surface area contributed by atoms with Gasteiger partial charge in [-0.3, -0.25) is 0 Å². The lowest BCUT2D eigenvalue weighted by atomic mass is 10.2. The van der Waals surface area contributed by atoms with Crippen molar-refractivity contribution in [2.45, 2.75) is 6.92 Å². The Morgan fingerprint density at radius 3 is 1.91 bits per heavy atom. The highest BCUT2D eigenvalue weighted by atomic mass is 14.7. The molecule has 11 heavy (non-hydrogen) atoms. The topological polar surface area (TPSA) is 78.1 Å². The number of aryl methyl sites for hydroxylation is 1. The average Bonchev–Trinajstić information content (AvgIpc) is 2.02. The Balaban J connectivity index is 0.000000461. The van der Waals surface area contributed by atoms with Crippen LogP contribution >= 0.6 is 0 Å². The molecular formula is C8H15N3. The van der Waals surface area contributed by atoms with Crippen molar-refractivity contribution in [3.63, 3.8) is 0 Å². The predicted octanol–water partition coefficient (Wildman–Crippen LogP) is 0.734. The molecular weight excluding hydrogens is 138 g/mol. The fourth-order valence-corrected chi connectivity index (χ4v) is 0.694. The Hall–Kier alpha value is -1.22. The molecule has 0 amide bonds. The summed E-state index contributed by atoms with van der Waals surface area (Å²) >= 11 is 0. The van der Waals surface area contributed by atoms with E-state index < -0.39 is 0 Å². The number of hydrogen-bond donors (Lipinski definition) is 3. The molecule has 0 unspecified atom stereocenters. The number of benzene rings is 1. The van der Waals surface area contributed by atoms with E-state index in [0.29, 0.717) is 11.4 Å². The minimum absolute atomic E-state index is 0.653. The fourth-order valence-electron chi connectivity index (χ4n) is 0.694. The molecule has 6 N–H and O–H groups in total. The van der Waals surface area contributed by atoms with E-state index in [1.54, 1.807) is 0 Å². The van der Waals surface area contributed by atoms with Gasteiger partial charge in [-0.2, -0.15) is 0 Å². The van der Waals surface area contributed by atoms with E-state index >= 15 is 0 Å². The summed E-state index contributed by atoms with van der Waals surface area (Å²) in [4.78, 5) is 0. The fraction of sp³-hybridized carbons (Fsp3) is 0.250. The number of nitrogen functional groups attached to an aromatic ring is 2. The largest absolute Gasteiger partial charge is 0.397 e. The van der Waals surface area contributed by atoms with Crippen molar-refractivity contribution in [2.24, 2.45) is 5.73 Å². The van der Waals surface area contributed by atoms with Crippen molar-refractivity contribution in [1.29, 1.82) is 0 Å². The molecule has 3 heteroatoms. The highest BCUT2D eigenvalue weighted by Crippen LogP contribution is 2.14. The summed E-state index contributed by atoms with van der Waals surface area (Å²) < 4.78 is 0. The van der Waals surface area contributed by atoms with Crippen LogP contribution in [0.3, 0.4) is 0 Å². The third-order valence-corrected chi connectivity index (χ3v) is 1.24. The first kappa shape index (κ1) is 9.78. The quantitative estimate of drug-likeness (QED) is 0.481. The molecule has 0 aliphatic heterocycles. The van der Waals surface area contributed by atoms with Crippen molar-refractivity contribution in [2.75, 3.05) is 18.5 Å². The molecule has 0 atom stereocenters. The lowest BCUT2D eigenvalue weighted by Crippen LogP contribution is -1.93. The van der Waals surface area contributed by atoms with Crippen LogP contribution in [0.5, 0.6) is 0 Å². The minimum atomic E-state index is 0.653. The second-order valence-electron chi connectivity index (χ2n) is 2.13. The Labute approximate surface area is 67.2 Å². The van der Waals surface area contributed by atoms with Gasteiger partial charge in [0.15, 0.2) is 0 Å². The van der Waals surface area contributed by atoms with Crippen molar-refractivity contribution < 1.29 is 0 Å². The lowest BCUT2D eigenvalue weighted by Gasteiger charge is -1.98. The molecule has 1 aromatic rings. The Morgan fingerprint density at radius 1 is 1.00 bits per heavy atom. The van der Waals surface area contributed by atoms with Crippen LogP contribution in [-0.2, 0) is 0 Å². The predicted molar refractivity (Wildman–Crippen MR) is 50.1 cm³/mol. The molecule has 0 heterocycles. The van der Waals surface area contributed by atoms with Gasteiger partial charge >= 0.3 is 0 Å². The summed E-state index contributed by atoms with van der Waals surface area (Å²) in [6.07, 6.45) is 0. The third-order valence-electron chi connectivity index (χ3n) is 1.24. The second kappa shape index (κ2) is 4.57. The molecule has 0 spiro atoms. The molecule has 1 aromatic carbocycles. The normalized spacial score (nSPS) is 8.27. The van der Waals surface area contributed by atoms with Crippen LogP contribution in [0.15, 0.2) is 18.2 Å². The second-order valence-corrected chi connectivity index (χ2v) is 2.13. The summed E-state index contributed by atoms with van der Waals surface area (Å²) in [5.74, 6) is 0. The average molecular weight is 153 g/mol. The number of nitrogens with two attached hydrogens (primary N) is 3. The number of hydrogen-bond acceptors (Lipinski definition) is 3. The molecule has 0 radical (unpaired) electrons. The van der Waals surface area contributed by atoms with Crippen LogP contribution in [0.25, 0.3) is 0 Å². The van der Waals surface area contributed by atoms with Crippen molar-refractivity contribution in [3.8, 4) is 0 Å². The maximum atomic E-state index is 5.50. The van der Waals surface area contributed by atoms with E-state index in [-0.39, 0.29) is 0 Å². The molecule has 0 aliphatic carbocycles. The van der Waals surface area contributed by atoms with E-state index in [1.807, 2.05) is 25.1 Å². The first-order valence-electron chi connectivity index (χ1n) is 3.39. The van der Waals surface area contributed by atoms with Gasteiger partial charge in [0.2, 0.25) is 0 Å². The van der Waals surface area contributed by atoms with Gasteiger partial charge in [0.05, 0.1) is 11.4 Å². The van der Waals surface area contributed by atoms with Crippen LogP contribution in [0.4, 0.5) is 11.4 Å². The molecule has 0 saturated carbocycles. The van der Waals surface area contributed by atoms with Gasteiger partial charge in [0, 0.05) is 0 Å². The van der Waals surface area contributed by atoms with Gasteiger partial charge < -0.3 is 17.2 Å². The van der Waals surface area contributed by atoms with Crippen LogP contribution < -0.4 is 17.2 Å². The smallest absolute Gasteiger partial charge is 0.0550 e. The zero-order valence-corrected chi connectivity index (χ0v) is 6.96. The molecule has 62 valence electrons. The monoisotopic (exact) mass is 153 g/mol. The van der Waals surface area contributed by atoms with Crippen molar-refractivity contribution >= 4 is 11.4 Å². The van der Waals surface area contributed by atoms with Gasteiger partial charge in [-0.1, -0.05) is 6.07 Å². The van der Waals surface area contributed by atoms with E-state index in [2.05, 4.69) is 5.73 Å². The summed E-state index contributed by atoms with van der Waals surface area (Å²) in [6.45, 7) is 1.98. The van der Waals surface area contributed by atoms with Crippen LogP contribution in [-0.4, -0.2) is 7.05 Å². The van der Waals surface area contributed by atoms with Gasteiger partial charge in [0.1, 0.15) is 0 Å². The minimum Gasteiger partial charge on any atom is -0.397 e. The Kier molecular flexibility index (Phi) is 4.07. The molecule has 0 aliphatic rings. The van der Waals surface area contributed by atoms with E-state index in [0.717, 1.165) is 5.56 Å². The highest BCUT2D eigenvalue weighted by molar-refractivity contribution is 5.63. The van der Waals surface area contributed by atoms with Crippen LogP contribution in [0.1, 0.15) is 5.56 Å². The number of anilines is 2. The Morgan fingerprint density at radius 2 is 1.55 bits per heavy atom. The van der Waals surface area contributed by atoms with E-state index in [4.69, 9.17) is 11.5 Å². The zero-order chi connectivity index (χ0) is 8.85. The molecule has 0 fully saturated rings. The van der Waals surface area contributed by atoms with Crippen LogP contribution in [0, 0.1) is 6.92 Å². The summed E-state index contributed by atoms with van der Waals surface area (Å²) in [6, 6.07) is 5.60. The maximum absolute atomic E-state index is 5.50. The summed E-state index contributed by atoms with van der Waals surface area (Å²) in [7, 11) is 1.50. The number of rotatable bonds is 0. The van der Waals surface area contributed by atoms with Gasteiger partial charge in [-0.15, -0.1) is 0 Å². The first-order chi connectivity index (χ1) is 5.20. The molecule has 1 rings (SSSR count). The molecule has 0 saturated heterocycles. The SMILES string of the molecule is CN.Cc1ccc(N)c(N)c1. The molecule has 0 bridgehead atoms. The van der Waals surface area contributed by atoms with Gasteiger partial charge in [-0.05, 0) is 31.7 Å². The van der Waals surface area contributed by atoms with E-state index in [9.17, 15) is 0 Å². The molecule has 3 nitrogen and oxygen atoms in total. The van der Waals surface area contributed by atoms with Crippen molar-refractivity contribution in [1.82, 2.24) is 0 Å². The highest BCUT2D eigenvalue weighted by Gasteiger charge is 1.90. The summed E-state index contributed by atoms with van der Waals surface area (Å²) in [5.41, 5.74) is 17.9. The standard InChI is InChI=1S/C7H10N2.CH5N/c1-5-2-3-6(8)7(9)4-5;1-2/h2-4H,8-9H2,1H3;2H2,1H3. The van der Waals surface area contributed by atoms with Gasteiger partial charge in [-0.25, -0.2) is 0 Å². The zero-order valence-electron chi connectivity index (χ0n) is 6.96. The van der Waals surface area contributed by atoms with Crippen molar-refractivity contribution in [3.05, 3.63) is 23.8 Å². The molecule has 0 aromatic heterocycles. The van der Waals surface area contributed by atoms with Gasteiger partial charge in [0.25, 0.3) is 0 Å². The van der Waals surface area contributed by atoms with E-state index in [1.165, 1.54) is 7.05 Å². The maximum Gasteiger partial charge on any atom is 0.0550 e. The summed E-state index contributed by atoms with van der Waals surface area (Å²) in [5, 5.41) is 0. The first-order valence-corrected chi connectivity index (χ1v) is 3.39. The van der Waals surface area contributed by atoms with Crippen LogP contribution in [0.2, 0.25) is 0 Å². The third kappa shape index (κ3) is 2.91. The Bertz CT molecular complexity index is 221. The lowest BCUT2D eigenvalue weighted by molar-refractivity contribution is 1.47.